The first-order chi connectivity index (χ1) is 15.4. The van der Waals surface area contributed by atoms with Crippen LogP contribution in [0.4, 0.5) is 0 Å². The van der Waals surface area contributed by atoms with Gasteiger partial charge in [-0.15, -0.1) is 6.42 Å². The lowest BCUT2D eigenvalue weighted by Gasteiger charge is -2.09. The van der Waals surface area contributed by atoms with E-state index in [2.05, 4.69) is 111 Å². The average Bonchev–Trinajstić information content (AvgIpc) is 3.25. The third-order valence-corrected chi connectivity index (χ3v) is 5.56. The number of aromatic nitrogens is 1. The number of hydrogen-bond acceptors (Lipinski definition) is 0. The van der Waals surface area contributed by atoms with Crippen molar-refractivity contribution < 1.29 is 0 Å². The molecule has 3 aromatic carbocycles. The average molecular weight is 418 g/mol. The van der Waals surface area contributed by atoms with Gasteiger partial charge in [-0.2, -0.15) is 0 Å². The van der Waals surface area contributed by atoms with Crippen LogP contribution in [0.1, 0.15) is 41.7 Å². The zero-order valence-electron chi connectivity index (χ0n) is 19.5. The van der Waals surface area contributed by atoms with Gasteiger partial charge in [-0.25, -0.2) is 0 Å². The quantitative estimate of drug-likeness (QED) is 0.296. The first kappa shape index (κ1) is 22.9. The minimum Gasteiger partial charge on any atom is -0.322 e. The summed E-state index contributed by atoms with van der Waals surface area (Å²) in [5.41, 5.74) is 10.4. The number of allylic oxidation sites excluding steroid dienone is 1. The largest absolute Gasteiger partial charge is 0.322 e. The van der Waals surface area contributed by atoms with Crippen LogP contribution in [0.5, 0.6) is 0 Å². The van der Waals surface area contributed by atoms with Crippen LogP contribution in [0.15, 0.2) is 91.8 Å². The summed E-state index contributed by atoms with van der Waals surface area (Å²) in [5.74, 6) is 2.81. The molecule has 1 aromatic heterocycles. The summed E-state index contributed by atoms with van der Waals surface area (Å²) in [6, 6.07) is 25.3. The number of terminal acetylenes is 1. The summed E-state index contributed by atoms with van der Waals surface area (Å²) >= 11 is 0. The van der Waals surface area contributed by atoms with Crippen LogP contribution in [0.25, 0.3) is 22.4 Å². The van der Waals surface area contributed by atoms with Crippen LogP contribution in [0, 0.1) is 26.2 Å². The number of benzene rings is 3. The Bertz CT molecular complexity index is 1230. The standard InChI is InChI=1S/C23H21N.C8H10/c1-6-19-14-24(15-23(19)20-9-7-17(4)8-10-20)21-11-12-22(16(2)3)18(5)13-21;1-2-8-6-4-3-5-7-8/h1,7-15H,2H2,3-5H3;3-7H,2H2,1H3. The molecule has 0 bridgehead atoms. The van der Waals surface area contributed by atoms with E-state index in [1.807, 2.05) is 19.2 Å². The number of aryl methyl sites for hydroxylation is 3. The second kappa shape index (κ2) is 10.5. The molecule has 0 amide bonds. The van der Waals surface area contributed by atoms with E-state index in [4.69, 9.17) is 6.42 Å². The molecule has 1 heterocycles. The van der Waals surface area contributed by atoms with Crippen molar-refractivity contribution in [3.8, 4) is 29.2 Å². The molecule has 160 valence electrons. The Hall–Kier alpha value is -3.76. The van der Waals surface area contributed by atoms with Crippen LogP contribution < -0.4 is 0 Å². The molecule has 0 aliphatic carbocycles. The fourth-order valence-corrected chi connectivity index (χ4v) is 3.68. The maximum atomic E-state index is 5.73. The summed E-state index contributed by atoms with van der Waals surface area (Å²) in [5, 5.41) is 0. The van der Waals surface area contributed by atoms with Crippen molar-refractivity contribution in [3.05, 3.63) is 120 Å². The van der Waals surface area contributed by atoms with Gasteiger partial charge < -0.3 is 4.57 Å². The minimum absolute atomic E-state index is 0.903. The molecule has 0 radical (unpaired) electrons. The Morgan fingerprint density at radius 1 is 0.938 bits per heavy atom. The van der Waals surface area contributed by atoms with Crippen molar-refractivity contribution in [2.75, 3.05) is 0 Å². The van der Waals surface area contributed by atoms with Crippen molar-refractivity contribution >= 4 is 5.57 Å². The van der Waals surface area contributed by atoms with E-state index in [-0.39, 0.29) is 0 Å². The Morgan fingerprint density at radius 3 is 2.16 bits per heavy atom. The molecule has 4 rings (SSSR count). The van der Waals surface area contributed by atoms with Gasteiger partial charge in [0.25, 0.3) is 0 Å². The predicted molar refractivity (Wildman–Crippen MR) is 139 cm³/mol. The molecule has 4 aromatic rings. The lowest BCUT2D eigenvalue weighted by atomic mass is 10.0. The highest BCUT2D eigenvalue weighted by Crippen LogP contribution is 2.28. The van der Waals surface area contributed by atoms with Gasteiger partial charge in [-0.05, 0) is 61.6 Å². The molecule has 0 saturated carbocycles. The van der Waals surface area contributed by atoms with E-state index in [0.29, 0.717) is 0 Å². The van der Waals surface area contributed by atoms with Gasteiger partial charge in [-0.3, -0.25) is 0 Å². The summed E-state index contributed by atoms with van der Waals surface area (Å²) in [7, 11) is 0. The van der Waals surface area contributed by atoms with Crippen molar-refractivity contribution in [2.24, 2.45) is 0 Å². The van der Waals surface area contributed by atoms with Gasteiger partial charge in [0.2, 0.25) is 0 Å². The maximum absolute atomic E-state index is 5.73. The monoisotopic (exact) mass is 417 g/mol. The predicted octanol–water partition coefficient (Wildman–Crippen LogP) is 8.02. The Kier molecular flexibility index (Phi) is 7.53. The molecule has 0 aliphatic rings. The van der Waals surface area contributed by atoms with E-state index < -0.39 is 0 Å². The highest BCUT2D eigenvalue weighted by Gasteiger charge is 2.09. The third kappa shape index (κ3) is 5.48. The molecular weight excluding hydrogens is 386 g/mol. The SMILES string of the molecule is C#Cc1cn(-c2ccc(C(=C)C)c(C)c2)cc1-c1ccc(C)cc1.CCc1ccccc1. The Balaban J connectivity index is 0.000000305. The first-order valence-electron chi connectivity index (χ1n) is 11.0. The summed E-state index contributed by atoms with van der Waals surface area (Å²) in [4.78, 5) is 0. The Morgan fingerprint density at radius 2 is 1.62 bits per heavy atom. The molecule has 0 spiro atoms. The second-order valence-corrected chi connectivity index (χ2v) is 8.12. The van der Waals surface area contributed by atoms with Gasteiger partial charge in [0.15, 0.2) is 0 Å². The van der Waals surface area contributed by atoms with Crippen LogP contribution in [-0.4, -0.2) is 4.57 Å². The lowest BCUT2D eigenvalue weighted by molar-refractivity contribution is 1.07. The molecule has 0 aliphatic heterocycles. The molecule has 0 N–H and O–H groups in total. The van der Waals surface area contributed by atoms with Crippen LogP contribution in [0.2, 0.25) is 0 Å². The highest BCUT2D eigenvalue weighted by molar-refractivity contribution is 5.72. The molecule has 1 heteroatoms. The highest BCUT2D eigenvalue weighted by atomic mass is 14.9. The number of nitrogens with zero attached hydrogens (tertiary/aromatic N) is 1. The summed E-state index contributed by atoms with van der Waals surface area (Å²) in [6.07, 6.45) is 11.0. The molecule has 0 unspecified atom stereocenters. The smallest absolute Gasteiger partial charge is 0.0501 e. The molecule has 0 atom stereocenters. The lowest BCUT2D eigenvalue weighted by Crippen LogP contribution is -1.93. The van der Waals surface area contributed by atoms with Gasteiger partial charge >= 0.3 is 0 Å². The van der Waals surface area contributed by atoms with Gasteiger partial charge in [0, 0.05) is 23.6 Å². The normalized spacial score (nSPS) is 10.1. The van der Waals surface area contributed by atoms with Crippen molar-refractivity contribution in [3.63, 3.8) is 0 Å². The fraction of sp³-hybridized carbons (Fsp3) is 0.161. The van der Waals surface area contributed by atoms with Crippen molar-refractivity contribution in [1.29, 1.82) is 0 Å². The number of hydrogen-bond donors (Lipinski definition) is 0. The maximum Gasteiger partial charge on any atom is 0.0501 e. The summed E-state index contributed by atoms with van der Waals surface area (Å²) in [6.45, 7) is 12.4. The molecule has 1 nitrogen and oxygen atoms in total. The van der Waals surface area contributed by atoms with Crippen LogP contribution >= 0.6 is 0 Å². The van der Waals surface area contributed by atoms with E-state index in [9.17, 15) is 0 Å². The van der Waals surface area contributed by atoms with E-state index in [0.717, 1.165) is 34.4 Å². The number of rotatable bonds is 4. The molecule has 0 saturated heterocycles. The zero-order valence-corrected chi connectivity index (χ0v) is 19.5. The van der Waals surface area contributed by atoms with Gasteiger partial charge in [0.1, 0.15) is 0 Å². The van der Waals surface area contributed by atoms with Crippen molar-refractivity contribution in [1.82, 2.24) is 4.57 Å². The minimum atomic E-state index is 0.903. The first-order valence-corrected chi connectivity index (χ1v) is 11.0. The Labute approximate surface area is 193 Å². The van der Waals surface area contributed by atoms with E-state index in [1.165, 1.54) is 22.3 Å². The molecular formula is C31H31N. The zero-order chi connectivity index (χ0) is 23.1. The molecule has 0 fully saturated rings. The third-order valence-electron chi connectivity index (χ3n) is 5.56. The topological polar surface area (TPSA) is 4.93 Å². The van der Waals surface area contributed by atoms with Gasteiger partial charge in [0.05, 0.1) is 5.56 Å². The van der Waals surface area contributed by atoms with Crippen LogP contribution in [0.3, 0.4) is 0 Å². The summed E-state index contributed by atoms with van der Waals surface area (Å²) < 4.78 is 2.10. The van der Waals surface area contributed by atoms with E-state index in [1.54, 1.807) is 0 Å². The molecule has 32 heavy (non-hydrogen) atoms. The van der Waals surface area contributed by atoms with Crippen molar-refractivity contribution in [2.45, 2.75) is 34.1 Å². The van der Waals surface area contributed by atoms with Gasteiger partial charge in [-0.1, -0.05) is 91.2 Å². The second-order valence-electron chi connectivity index (χ2n) is 8.12. The van der Waals surface area contributed by atoms with Crippen LogP contribution in [-0.2, 0) is 6.42 Å². The fourth-order valence-electron chi connectivity index (χ4n) is 3.68. The van der Waals surface area contributed by atoms with E-state index >= 15 is 0 Å².